The summed E-state index contributed by atoms with van der Waals surface area (Å²) in [6.45, 7) is 0.416. The number of ether oxygens (including phenoxy) is 1. The van der Waals surface area contributed by atoms with Crippen LogP contribution in [0.3, 0.4) is 0 Å². The standard InChI is InChI=1S/C21H35N8O17P3S/c1-21(2,16(32)19(33)24-4-3-12(30)23-5-6-50-28-34)8-43-49(40,41)46-48(38,39)42-7-11-15(45-47(35,36)37)14(31)20(44-11)29-10-27-13-17(22)25-9-26-18(13)29/h9-11,14-16,20,31-32H,3-8H2,1-2H3,(H,23,30)(H,24,33)(H,38,39)(H,40,41)(H2,22,25,26)(H2,35,36,37)/t11-,14-,15-,16+,20-/m1/s1. The zero-order chi connectivity index (χ0) is 37.5. The first kappa shape index (κ1) is 41.9. The summed E-state index contributed by atoms with van der Waals surface area (Å²) in [5.74, 6) is -1.24. The Morgan fingerprint density at radius 3 is 2.46 bits per heavy atom. The molecule has 282 valence electrons. The van der Waals surface area contributed by atoms with Gasteiger partial charge in [0.05, 0.1) is 19.5 Å². The molecule has 0 bridgehead atoms. The third-order valence-electron chi connectivity index (χ3n) is 6.65. The van der Waals surface area contributed by atoms with Crippen LogP contribution >= 0.6 is 35.4 Å². The van der Waals surface area contributed by atoms with Gasteiger partial charge in [0, 0.05) is 47.2 Å². The van der Waals surface area contributed by atoms with Crippen LogP contribution in [0.25, 0.3) is 11.2 Å². The van der Waals surface area contributed by atoms with E-state index in [0.29, 0.717) is 11.9 Å². The quantitative estimate of drug-likeness (QED) is 0.0329. The van der Waals surface area contributed by atoms with Crippen molar-refractivity contribution >= 4 is 64.2 Å². The summed E-state index contributed by atoms with van der Waals surface area (Å²) in [7, 11) is -16.4. The number of anilines is 1. The van der Waals surface area contributed by atoms with E-state index in [-0.39, 0.29) is 42.2 Å². The number of phosphoric acid groups is 3. The van der Waals surface area contributed by atoms with E-state index in [1.807, 2.05) is 0 Å². The summed E-state index contributed by atoms with van der Waals surface area (Å²) in [6.07, 6.45) is -6.92. The van der Waals surface area contributed by atoms with Gasteiger partial charge in [0.25, 0.3) is 0 Å². The zero-order valence-electron chi connectivity index (χ0n) is 26.0. The Morgan fingerprint density at radius 2 is 1.80 bits per heavy atom. The Labute approximate surface area is 286 Å². The minimum atomic E-state index is -5.56. The maximum absolute atomic E-state index is 12.6. The van der Waals surface area contributed by atoms with Crippen LogP contribution in [0.1, 0.15) is 26.5 Å². The number of hydrogen-bond donors (Lipinski definition) is 9. The molecule has 3 heterocycles. The molecule has 7 atom stereocenters. The Balaban J connectivity index is 1.57. The third-order valence-corrected chi connectivity index (χ3v) is 10.2. The Morgan fingerprint density at radius 1 is 1.12 bits per heavy atom. The molecule has 0 radical (unpaired) electrons. The number of carbonyl (C=O) groups excluding carboxylic acids is 2. The molecule has 10 N–H and O–H groups in total. The average Bonchev–Trinajstić information content (AvgIpc) is 3.57. The molecule has 1 aliphatic rings. The molecule has 0 spiro atoms. The first-order valence-corrected chi connectivity index (χ1v) is 19.5. The highest BCUT2D eigenvalue weighted by atomic mass is 32.2. The molecule has 0 aliphatic carbocycles. The topological polar surface area (TPSA) is 376 Å². The lowest BCUT2D eigenvalue weighted by molar-refractivity contribution is -0.137. The van der Waals surface area contributed by atoms with Gasteiger partial charge in [0.1, 0.15) is 36.3 Å². The van der Waals surface area contributed by atoms with E-state index in [2.05, 4.69) is 39.0 Å². The van der Waals surface area contributed by atoms with Crippen molar-refractivity contribution in [3.63, 3.8) is 0 Å². The molecular weight excluding hydrogens is 761 g/mol. The van der Waals surface area contributed by atoms with E-state index in [0.717, 1.165) is 17.2 Å². The molecule has 29 heteroatoms. The predicted molar refractivity (Wildman–Crippen MR) is 168 cm³/mol. The Hall–Kier alpha value is -2.51. The lowest BCUT2D eigenvalue weighted by Gasteiger charge is -2.30. The van der Waals surface area contributed by atoms with Crippen molar-refractivity contribution in [1.82, 2.24) is 30.2 Å². The van der Waals surface area contributed by atoms with Crippen molar-refractivity contribution in [3.8, 4) is 0 Å². The highest BCUT2D eigenvalue weighted by Crippen LogP contribution is 2.61. The number of nitrogen functional groups attached to an aromatic ring is 1. The van der Waals surface area contributed by atoms with Crippen LogP contribution in [0.5, 0.6) is 0 Å². The second kappa shape index (κ2) is 17.3. The zero-order valence-corrected chi connectivity index (χ0v) is 29.5. The van der Waals surface area contributed by atoms with Crippen molar-refractivity contribution in [2.45, 2.75) is 50.9 Å². The van der Waals surface area contributed by atoms with Crippen LogP contribution in [-0.2, 0) is 45.9 Å². The molecule has 1 aliphatic heterocycles. The minimum absolute atomic E-state index is 0.0292. The number of nitroso groups, excluding NO2 is 1. The number of aliphatic hydroxyl groups is 2. The predicted octanol–water partition coefficient (Wildman–Crippen LogP) is -1.18. The van der Waals surface area contributed by atoms with E-state index < -0.39 is 84.6 Å². The molecule has 0 aromatic carbocycles. The number of hydrogen-bond acceptors (Lipinski definition) is 19. The van der Waals surface area contributed by atoms with Gasteiger partial charge < -0.3 is 50.9 Å². The van der Waals surface area contributed by atoms with E-state index in [4.69, 9.17) is 19.5 Å². The molecule has 2 aromatic rings. The number of nitrogens with two attached hydrogens (primary N) is 1. The van der Waals surface area contributed by atoms with Crippen molar-refractivity contribution < 1.29 is 75.7 Å². The van der Waals surface area contributed by atoms with Gasteiger partial charge in [0.15, 0.2) is 17.7 Å². The Kier molecular flexibility index (Phi) is 14.5. The van der Waals surface area contributed by atoms with Crippen molar-refractivity contribution in [1.29, 1.82) is 0 Å². The number of phosphoric ester groups is 3. The first-order valence-electron chi connectivity index (χ1n) is 14.0. The molecule has 2 unspecified atom stereocenters. The summed E-state index contributed by atoms with van der Waals surface area (Å²) in [6, 6.07) is 0. The molecule has 2 aromatic heterocycles. The van der Waals surface area contributed by atoms with Gasteiger partial charge in [-0.1, -0.05) is 13.8 Å². The molecule has 25 nitrogen and oxygen atoms in total. The lowest BCUT2D eigenvalue weighted by atomic mass is 9.87. The fourth-order valence-electron chi connectivity index (χ4n) is 4.21. The van der Waals surface area contributed by atoms with Gasteiger partial charge in [-0.25, -0.2) is 28.6 Å². The summed E-state index contributed by atoms with van der Waals surface area (Å²) >= 11 is 0.710. The van der Waals surface area contributed by atoms with Crippen molar-refractivity contribution in [2.75, 3.05) is 37.8 Å². The summed E-state index contributed by atoms with van der Waals surface area (Å²) < 4.78 is 64.3. The van der Waals surface area contributed by atoms with Gasteiger partial charge in [-0.2, -0.15) is 4.31 Å². The van der Waals surface area contributed by atoms with Gasteiger partial charge in [-0.3, -0.25) is 27.7 Å². The second-order valence-corrected chi connectivity index (χ2v) is 16.0. The number of nitrogens with zero attached hydrogens (tertiary/aromatic N) is 5. The maximum Gasteiger partial charge on any atom is 0.481 e. The molecule has 1 saturated heterocycles. The van der Waals surface area contributed by atoms with Gasteiger partial charge in [-0.05, 0) is 0 Å². The van der Waals surface area contributed by atoms with Crippen LogP contribution < -0.4 is 16.4 Å². The van der Waals surface area contributed by atoms with Crippen LogP contribution in [-0.4, -0.2) is 118 Å². The number of aromatic nitrogens is 4. The molecular formula is C21H35N8O17P3S. The van der Waals surface area contributed by atoms with Gasteiger partial charge >= 0.3 is 23.5 Å². The largest absolute Gasteiger partial charge is 0.481 e. The minimum Gasteiger partial charge on any atom is -0.386 e. The monoisotopic (exact) mass is 796 g/mol. The first-order chi connectivity index (χ1) is 23.2. The van der Waals surface area contributed by atoms with Crippen molar-refractivity contribution in [3.05, 3.63) is 17.6 Å². The molecule has 3 rings (SSSR count). The Bertz CT molecular complexity index is 1660. The summed E-state index contributed by atoms with van der Waals surface area (Å²) in [5.41, 5.74) is 4.25. The second-order valence-electron chi connectivity index (χ2n) is 11.0. The van der Waals surface area contributed by atoms with E-state index in [9.17, 15) is 58.0 Å². The number of carbonyl (C=O) groups is 2. The number of fused-ring (bicyclic) bond motifs is 1. The molecule has 0 saturated carbocycles. The lowest BCUT2D eigenvalue weighted by Crippen LogP contribution is -2.46. The normalized spacial score (nSPS) is 22.8. The van der Waals surface area contributed by atoms with E-state index in [1.165, 1.54) is 13.8 Å². The smallest absolute Gasteiger partial charge is 0.386 e. The highest BCUT2D eigenvalue weighted by Gasteiger charge is 2.50. The van der Waals surface area contributed by atoms with E-state index >= 15 is 0 Å². The molecule has 1 fully saturated rings. The highest BCUT2D eigenvalue weighted by molar-refractivity contribution is 7.97. The maximum atomic E-state index is 12.6. The van der Waals surface area contributed by atoms with Crippen LogP contribution in [0.15, 0.2) is 17.2 Å². The van der Waals surface area contributed by atoms with Crippen molar-refractivity contribution in [2.24, 2.45) is 10.00 Å². The summed E-state index contributed by atoms with van der Waals surface area (Å²) in [5, 5.41) is 26.0. The fraction of sp³-hybridized carbons (Fsp3) is 0.667. The van der Waals surface area contributed by atoms with Crippen LogP contribution in [0, 0.1) is 10.3 Å². The number of aliphatic hydroxyl groups excluding tert-OH is 2. The number of nitrogens with one attached hydrogen (secondary N) is 2. The fourth-order valence-corrected chi connectivity index (χ4v) is 7.31. The molecule has 50 heavy (non-hydrogen) atoms. The third kappa shape index (κ3) is 12.0. The number of rotatable bonds is 20. The number of amides is 2. The van der Waals surface area contributed by atoms with E-state index in [1.54, 1.807) is 0 Å². The SMILES string of the molecule is CC(C)(COP(=O)(O)OP(=O)(O)OC[C@H]1O[C@@H](n2cnc3c(N)ncnc32)[C@H](O)[C@@H]1OP(=O)(O)O)[C@@H](O)C(=O)NCCC(=O)NCCSN=O. The van der Waals surface area contributed by atoms with Crippen LogP contribution in [0.2, 0.25) is 0 Å². The number of imidazole rings is 1. The van der Waals surface area contributed by atoms with Crippen LogP contribution in [0.4, 0.5) is 5.82 Å². The summed E-state index contributed by atoms with van der Waals surface area (Å²) in [4.78, 5) is 84.8. The van der Waals surface area contributed by atoms with Gasteiger partial charge in [0.2, 0.25) is 11.8 Å². The molecule has 2 amide bonds. The van der Waals surface area contributed by atoms with Gasteiger partial charge in [-0.15, -0.1) is 4.91 Å². The average molecular weight is 797 g/mol.